The Balaban J connectivity index is 1.99. The highest BCUT2D eigenvalue weighted by atomic mass is 16.3. The van der Waals surface area contributed by atoms with Gasteiger partial charge >= 0.3 is 0 Å². The SMILES string of the molecule is Cc1ccc(C2=C(c3ccc(O)cc3)c3ccc(C)cc3CCC2)cc1. The summed E-state index contributed by atoms with van der Waals surface area (Å²) in [7, 11) is 0. The highest BCUT2D eigenvalue weighted by Crippen LogP contribution is 2.40. The van der Waals surface area contributed by atoms with Crippen molar-refractivity contribution < 1.29 is 5.11 Å². The van der Waals surface area contributed by atoms with Gasteiger partial charge in [-0.05, 0) is 78.6 Å². The fourth-order valence-corrected chi connectivity index (χ4v) is 3.92. The van der Waals surface area contributed by atoms with Crippen LogP contribution < -0.4 is 0 Å². The Morgan fingerprint density at radius 3 is 2.08 bits per heavy atom. The van der Waals surface area contributed by atoms with Crippen LogP contribution >= 0.6 is 0 Å². The normalized spacial score (nSPS) is 14.1. The van der Waals surface area contributed by atoms with E-state index in [0.717, 1.165) is 19.3 Å². The second kappa shape index (κ2) is 6.84. The first-order chi connectivity index (χ1) is 12.6. The monoisotopic (exact) mass is 340 g/mol. The number of rotatable bonds is 2. The molecule has 3 aromatic rings. The van der Waals surface area contributed by atoms with Gasteiger partial charge in [0, 0.05) is 0 Å². The highest BCUT2D eigenvalue weighted by Gasteiger charge is 2.20. The van der Waals surface area contributed by atoms with Crippen molar-refractivity contribution in [3.8, 4) is 5.75 Å². The Labute approximate surface area is 155 Å². The molecule has 0 atom stereocenters. The summed E-state index contributed by atoms with van der Waals surface area (Å²) in [4.78, 5) is 0. The number of phenolic OH excluding ortho intramolecular Hbond substituents is 1. The van der Waals surface area contributed by atoms with Gasteiger partial charge in [-0.1, -0.05) is 65.7 Å². The molecule has 0 fully saturated rings. The minimum absolute atomic E-state index is 0.309. The summed E-state index contributed by atoms with van der Waals surface area (Å²) < 4.78 is 0. The van der Waals surface area contributed by atoms with Crippen LogP contribution in [0.3, 0.4) is 0 Å². The van der Waals surface area contributed by atoms with E-state index in [0.29, 0.717) is 5.75 Å². The lowest BCUT2D eigenvalue weighted by Crippen LogP contribution is -1.96. The van der Waals surface area contributed by atoms with Crippen LogP contribution in [-0.4, -0.2) is 5.11 Å². The molecule has 0 saturated heterocycles. The molecule has 1 aliphatic rings. The zero-order valence-electron chi connectivity index (χ0n) is 15.4. The van der Waals surface area contributed by atoms with Gasteiger partial charge < -0.3 is 5.11 Å². The number of phenols is 1. The van der Waals surface area contributed by atoms with Crippen molar-refractivity contribution >= 4 is 11.1 Å². The molecule has 0 unspecified atom stereocenters. The van der Waals surface area contributed by atoms with Gasteiger partial charge in [-0.15, -0.1) is 0 Å². The molecule has 0 saturated carbocycles. The molecular weight excluding hydrogens is 316 g/mol. The van der Waals surface area contributed by atoms with Gasteiger partial charge in [0.1, 0.15) is 5.75 Å². The summed E-state index contributed by atoms with van der Waals surface area (Å²) in [5.74, 6) is 0.309. The van der Waals surface area contributed by atoms with E-state index >= 15 is 0 Å². The smallest absolute Gasteiger partial charge is 0.115 e. The molecule has 1 N–H and O–H groups in total. The fourth-order valence-electron chi connectivity index (χ4n) is 3.92. The molecule has 130 valence electrons. The van der Waals surface area contributed by atoms with Crippen molar-refractivity contribution in [2.75, 3.05) is 0 Å². The molecule has 26 heavy (non-hydrogen) atoms. The third-order valence-corrected chi connectivity index (χ3v) is 5.26. The zero-order chi connectivity index (χ0) is 18.1. The molecule has 1 heteroatoms. The van der Waals surface area contributed by atoms with Crippen LogP contribution in [0.25, 0.3) is 11.1 Å². The number of hydrogen-bond donors (Lipinski definition) is 1. The number of aromatic hydroxyl groups is 1. The lowest BCUT2D eigenvalue weighted by atomic mass is 9.87. The average molecular weight is 340 g/mol. The van der Waals surface area contributed by atoms with Crippen molar-refractivity contribution in [3.05, 3.63) is 100 Å². The number of fused-ring (bicyclic) bond motifs is 1. The van der Waals surface area contributed by atoms with Gasteiger partial charge in [-0.3, -0.25) is 0 Å². The number of hydrogen-bond acceptors (Lipinski definition) is 1. The molecule has 0 bridgehead atoms. The topological polar surface area (TPSA) is 20.2 Å². The van der Waals surface area contributed by atoms with Gasteiger partial charge in [-0.2, -0.15) is 0 Å². The third-order valence-electron chi connectivity index (χ3n) is 5.26. The standard InChI is InChI=1S/C25H24O/c1-17-6-9-19(10-7-17)23-5-3-4-21-16-18(2)8-15-24(21)25(23)20-11-13-22(26)14-12-20/h6-16,26H,3-5H2,1-2H3. The van der Waals surface area contributed by atoms with E-state index < -0.39 is 0 Å². The average Bonchev–Trinajstić information content (AvgIpc) is 2.82. The van der Waals surface area contributed by atoms with Gasteiger partial charge in [0.05, 0.1) is 0 Å². The predicted octanol–water partition coefficient (Wildman–Crippen LogP) is 6.30. The van der Waals surface area contributed by atoms with Crippen LogP contribution in [0.15, 0.2) is 66.7 Å². The number of allylic oxidation sites excluding steroid dienone is 1. The zero-order valence-corrected chi connectivity index (χ0v) is 15.4. The second-order valence-electron chi connectivity index (χ2n) is 7.28. The second-order valence-corrected chi connectivity index (χ2v) is 7.28. The highest BCUT2D eigenvalue weighted by molar-refractivity contribution is 5.99. The molecule has 0 radical (unpaired) electrons. The van der Waals surface area contributed by atoms with Crippen molar-refractivity contribution in [2.24, 2.45) is 0 Å². The Kier molecular flexibility index (Phi) is 4.38. The van der Waals surface area contributed by atoms with Gasteiger partial charge in [-0.25, -0.2) is 0 Å². The summed E-state index contributed by atoms with van der Waals surface area (Å²) >= 11 is 0. The van der Waals surface area contributed by atoms with E-state index in [-0.39, 0.29) is 0 Å². The van der Waals surface area contributed by atoms with Crippen molar-refractivity contribution in [1.29, 1.82) is 0 Å². The Morgan fingerprint density at radius 2 is 1.35 bits per heavy atom. The van der Waals surface area contributed by atoms with E-state index in [2.05, 4.69) is 56.3 Å². The van der Waals surface area contributed by atoms with Crippen molar-refractivity contribution in [3.63, 3.8) is 0 Å². The van der Waals surface area contributed by atoms with E-state index in [1.54, 1.807) is 12.1 Å². The Hall–Kier alpha value is -2.80. The van der Waals surface area contributed by atoms with Crippen LogP contribution in [0.1, 0.15) is 46.2 Å². The maximum atomic E-state index is 9.74. The quantitative estimate of drug-likeness (QED) is 0.580. The third kappa shape index (κ3) is 3.17. The maximum Gasteiger partial charge on any atom is 0.115 e. The van der Waals surface area contributed by atoms with Crippen molar-refractivity contribution in [1.82, 2.24) is 0 Å². The van der Waals surface area contributed by atoms with Crippen LogP contribution in [-0.2, 0) is 6.42 Å². The maximum absolute atomic E-state index is 9.74. The van der Waals surface area contributed by atoms with Crippen LogP contribution in [0.4, 0.5) is 0 Å². The number of benzene rings is 3. The lowest BCUT2D eigenvalue weighted by molar-refractivity contribution is 0.475. The van der Waals surface area contributed by atoms with E-state index in [1.807, 2.05) is 12.1 Å². The summed E-state index contributed by atoms with van der Waals surface area (Å²) in [5, 5.41) is 9.74. The first-order valence-corrected chi connectivity index (χ1v) is 9.31. The van der Waals surface area contributed by atoms with Crippen LogP contribution in [0.5, 0.6) is 5.75 Å². The van der Waals surface area contributed by atoms with Gasteiger partial charge in [0.2, 0.25) is 0 Å². The first kappa shape index (κ1) is 16.7. The number of aryl methyl sites for hydroxylation is 3. The molecule has 0 amide bonds. The predicted molar refractivity (Wildman–Crippen MR) is 109 cm³/mol. The Morgan fingerprint density at radius 1 is 0.692 bits per heavy atom. The molecule has 4 rings (SSSR count). The van der Waals surface area contributed by atoms with E-state index in [1.165, 1.54) is 44.5 Å². The Bertz CT molecular complexity index is 960. The minimum atomic E-state index is 0.309. The summed E-state index contributed by atoms with van der Waals surface area (Å²) in [6.07, 6.45) is 3.32. The summed E-state index contributed by atoms with van der Waals surface area (Å²) in [5.41, 5.74) is 10.5. The van der Waals surface area contributed by atoms with Crippen LogP contribution in [0.2, 0.25) is 0 Å². The molecular formula is C25H24O. The fraction of sp³-hybridized carbons (Fsp3) is 0.200. The largest absolute Gasteiger partial charge is 0.508 e. The van der Waals surface area contributed by atoms with E-state index in [9.17, 15) is 5.11 Å². The molecule has 1 aliphatic carbocycles. The lowest BCUT2D eigenvalue weighted by Gasteiger charge is -2.17. The first-order valence-electron chi connectivity index (χ1n) is 9.31. The molecule has 0 heterocycles. The minimum Gasteiger partial charge on any atom is -0.508 e. The molecule has 0 aromatic heterocycles. The summed E-state index contributed by atoms with van der Waals surface area (Å²) in [6, 6.07) is 23.3. The van der Waals surface area contributed by atoms with Crippen LogP contribution in [0, 0.1) is 13.8 Å². The van der Waals surface area contributed by atoms with E-state index in [4.69, 9.17) is 0 Å². The van der Waals surface area contributed by atoms with Crippen molar-refractivity contribution in [2.45, 2.75) is 33.1 Å². The molecule has 1 nitrogen and oxygen atoms in total. The molecule has 0 aliphatic heterocycles. The molecule has 0 spiro atoms. The summed E-state index contributed by atoms with van der Waals surface area (Å²) in [6.45, 7) is 4.29. The van der Waals surface area contributed by atoms with Gasteiger partial charge in [0.15, 0.2) is 0 Å². The molecule has 3 aromatic carbocycles. The van der Waals surface area contributed by atoms with Gasteiger partial charge in [0.25, 0.3) is 0 Å².